The smallest absolute Gasteiger partial charge is 0.291 e. The van der Waals surface area contributed by atoms with E-state index >= 15 is 0 Å². The molecule has 0 aliphatic carbocycles. The molecular weight excluding hydrogens is 331 g/mol. The average Bonchev–Trinajstić information content (AvgIpc) is 2.80. The number of hydrogen-bond acceptors (Lipinski definition) is 3. The summed E-state index contributed by atoms with van der Waals surface area (Å²) in [7, 11) is 0. The molecule has 106 valence electrons. The first-order valence-electron chi connectivity index (χ1n) is 5.27. The van der Waals surface area contributed by atoms with Gasteiger partial charge in [0.1, 0.15) is 0 Å². The van der Waals surface area contributed by atoms with Crippen LogP contribution in [0, 0.1) is 0 Å². The summed E-state index contributed by atoms with van der Waals surface area (Å²) >= 11 is 11.7. The van der Waals surface area contributed by atoms with E-state index in [-0.39, 0.29) is 38.3 Å². The van der Waals surface area contributed by atoms with Gasteiger partial charge in [0.05, 0.1) is 15.6 Å². The number of anilines is 1. The van der Waals surface area contributed by atoms with E-state index in [0.717, 1.165) is 0 Å². The molecule has 2 aromatic rings. The van der Waals surface area contributed by atoms with Gasteiger partial charge in [0.2, 0.25) is 0 Å². The molecule has 0 aliphatic heterocycles. The fraction of sp³-hybridized carbons (Fsp3) is 0.0833. The maximum atomic E-state index is 12.5. The van der Waals surface area contributed by atoms with Crippen LogP contribution in [-0.4, -0.2) is 11.7 Å². The topological polar surface area (TPSA) is 42.2 Å². The Morgan fingerprint density at radius 1 is 1.25 bits per heavy atom. The quantitative estimate of drug-likeness (QED) is 0.784. The zero-order valence-corrected chi connectivity index (χ0v) is 12.0. The highest BCUT2D eigenvalue weighted by molar-refractivity contribution is 7.99. The molecule has 0 aliphatic rings. The molecule has 1 heterocycles. The van der Waals surface area contributed by atoms with Crippen LogP contribution < -0.4 is 5.32 Å². The van der Waals surface area contributed by atoms with E-state index in [9.17, 15) is 13.6 Å². The molecule has 0 saturated heterocycles. The first-order valence-corrected chi connectivity index (χ1v) is 6.91. The number of hydrogen-bond donors (Lipinski definition) is 1. The summed E-state index contributed by atoms with van der Waals surface area (Å²) < 4.78 is 29.9. The predicted octanol–water partition coefficient (Wildman–Crippen LogP) is 5.15. The van der Waals surface area contributed by atoms with Gasteiger partial charge in [-0.3, -0.25) is 4.79 Å². The Bertz CT molecular complexity index is 634. The zero-order chi connectivity index (χ0) is 14.7. The third kappa shape index (κ3) is 3.65. The lowest BCUT2D eigenvalue weighted by atomic mass is 10.3. The summed E-state index contributed by atoms with van der Waals surface area (Å²) in [5.41, 5.74) is 0.181. The summed E-state index contributed by atoms with van der Waals surface area (Å²) in [5, 5.41) is 2.65. The van der Waals surface area contributed by atoms with Crippen LogP contribution in [0.5, 0.6) is 0 Å². The van der Waals surface area contributed by atoms with E-state index in [2.05, 4.69) is 5.32 Å². The number of nitrogens with one attached hydrogen (secondary N) is 1. The molecule has 0 saturated carbocycles. The Balaban J connectivity index is 2.24. The maximum Gasteiger partial charge on any atom is 0.291 e. The molecule has 1 amide bonds. The number of furan rings is 1. The maximum absolute atomic E-state index is 12.5. The Morgan fingerprint density at radius 2 is 2.00 bits per heavy atom. The van der Waals surface area contributed by atoms with Gasteiger partial charge >= 0.3 is 0 Å². The number of thioether (sulfide) groups is 1. The van der Waals surface area contributed by atoms with E-state index in [1.54, 1.807) is 6.07 Å². The molecule has 1 aromatic heterocycles. The van der Waals surface area contributed by atoms with Gasteiger partial charge in [0.25, 0.3) is 11.7 Å². The third-order valence-electron chi connectivity index (χ3n) is 2.22. The minimum absolute atomic E-state index is 0.0250. The molecule has 1 aromatic carbocycles. The number of carbonyl (C=O) groups is 1. The standard InChI is InChI=1S/C12H7Cl2F2NO2S/c13-6-2-1-3-7(10(6)20-12(15)16)17-11(18)8-4-5-9(14)19-8/h1-5,12H,(H,17,18). The summed E-state index contributed by atoms with van der Waals surface area (Å²) in [6.45, 7) is 0. The van der Waals surface area contributed by atoms with Crippen molar-refractivity contribution in [3.63, 3.8) is 0 Å². The molecule has 0 unspecified atom stereocenters. The summed E-state index contributed by atoms with van der Waals surface area (Å²) in [6, 6.07) is 7.26. The van der Waals surface area contributed by atoms with Crippen LogP contribution in [0.2, 0.25) is 10.2 Å². The van der Waals surface area contributed by atoms with Gasteiger partial charge in [-0.1, -0.05) is 29.4 Å². The Labute approximate surface area is 127 Å². The fourth-order valence-corrected chi connectivity index (χ4v) is 2.50. The van der Waals surface area contributed by atoms with Gasteiger partial charge in [-0.05, 0) is 35.9 Å². The van der Waals surface area contributed by atoms with Crippen molar-refractivity contribution in [1.82, 2.24) is 0 Å². The molecule has 0 atom stereocenters. The molecule has 2 rings (SSSR count). The highest BCUT2D eigenvalue weighted by Crippen LogP contribution is 2.37. The molecule has 0 fully saturated rings. The molecule has 1 N–H and O–H groups in total. The number of alkyl halides is 2. The summed E-state index contributed by atoms with van der Waals surface area (Å²) in [4.78, 5) is 12.0. The van der Waals surface area contributed by atoms with Crippen molar-refractivity contribution in [3.05, 3.63) is 46.3 Å². The second-order valence-corrected chi connectivity index (χ2v) is 5.33. The molecule has 0 radical (unpaired) electrons. The number of halogens is 4. The largest absolute Gasteiger partial charge is 0.440 e. The van der Waals surface area contributed by atoms with Gasteiger partial charge < -0.3 is 9.73 Å². The second-order valence-electron chi connectivity index (χ2n) is 3.55. The third-order valence-corrected chi connectivity index (χ3v) is 3.70. The average molecular weight is 338 g/mol. The highest BCUT2D eigenvalue weighted by Gasteiger charge is 2.17. The lowest BCUT2D eigenvalue weighted by molar-refractivity contribution is 0.0996. The normalized spacial score (nSPS) is 10.8. The van der Waals surface area contributed by atoms with Crippen LogP contribution in [0.1, 0.15) is 10.6 Å². The monoisotopic (exact) mass is 337 g/mol. The van der Waals surface area contributed by atoms with Crippen molar-refractivity contribution in [2.24, 2.45) is 0 Å². The van der Waals surface area contributed by atoms with Gasteiger partial charge in [-0.15, -0.1) is 0 Å². The van der Waals surface area contributed by atoms with Gasteiger partial charge in [0.15, 0.2) is 11.0 Å². The first kappa shape index (κ1) is 15.2. The van der Waals surface area contributed by atoms with Crippen LogP contribution >= 0.6 is 35.0 Å². The fourth-order valence-electron chi connectivity index (χ4n) is 1.44. The van der Waals surface area contributed by atoms with E-state index in [1.165, 1.54) is 24.3 Å². The number of carbonyl (C=O) groups excluding carboxylic acids is 1. The lowest BCUT2D eigenvalue weighted by Crippen LogP contribution is -2.11. The molecule has 20 heavy (non-hydrogen) atoms. The Hall–Kier alpha value is -1.24. The van der Waals surface area contributed by atoms with E-state index in [0.29, 0.717) is 0 Å². The van der Waals surface area contributed by atoms with Crippen molar-refractivity contribution in [1.29, 1.82) is 0 Å². The van der Waals surface area contributed by atoms with E-state index < -0.39 is 11.7 Å². The first-order chi connectivity index (χ1) is 9.47. The van der Waals surface area contributed by atoms with Crippen molar-refractivity contribution >= 4 is 46.6 Å². The zero-order valence-electron chi connectivity index (χ0n) is 9.70. The van der Waals surface area contributed by atoms with Crippen molar-refractivity contribution in [2.75, 3.05) is 5.32 Å². The van der Waals surface area contributed by atoms with Crippen molar-refractivity contribution < 1.29 is 18.0 Å². The second kappa shape index (κ2) is 6.47. The number of benzene rings is 1. The summed E-state index contributed by atoms with van der Waals surface area (Å²) in [6.07, 6.45) is 0. The van der Waals surface area contributed by atoms with Gasteiger partial charge in [0, 0.05) is 0 Å². The summed E-state index contributed by atoms with van der Waals surface area (Å²) in [5.74, 6) is -3.28. The predicted molar refractivity (Wildman–Crippen MR) is 75.0 cm³/mol. The number of amides is 1. The SMILES string of the molecule is O=C(Nc1cccc(Cl)c1SC(F)F)c1ccc(Cl)o1. The van der Waals surface area contributed by atoms with Crippen LogP contribution in [0.3, 0.4) is 0 Å². The highest BCUT2D eigenvalue weighted by atomic mass is 35.5. The van der Waals surface area contributed by atoms with Gasteiger partial charge in [-0.25, -0.2) is 0 Å². The van der Waals surface area contributed by atoms with E-state index in [1.807, 2.05) is 0 Å². The molecule has 8 heteroatoms. The van der Waals surface area contributed by atoms with Crippen molar-refractivity contribution in [2.45, 2.75) is 10.7 Å². The molecule has 0 spiro atoms. The van der Waals surface area contributed by atoms with Crippen LogP contribution in [0.15, 0.2) is 39.6 Å². The molecular formula is C12H7Cl2F2NO2S. The molecule has 3 nitrogen and oxygen atoms in total. The minimum atomic E-state index is -2.65. The van der Waals surface area contributed by atoms with Crippen LogP contribution in [0.4, 0.5) is 14.5 Å². The molecule has 0 bridgehead atoms. The number of rotatable bonds is 4. The Morgan fingerprint density at radius 3 is 2.60 bits per heavy atom. The minimum Gasteiger partial charge on any atom is -0.440 e. The van der Waals surface area contributed by atoms with E-state index in [4.69, 9.17) is 27.6 Å². The van der Waals surface area contributed by atoms with Gasteiger partial charge in [-0.2, -0.15) is 8.78 Å². The lowest BCUT2D eigenvalue weighted by Gasteiger charge is -2.11. The van der Waals surface area contributed by atoms with Crippen LogP contribution in [-0.2, 0) is 0 Å². The van der Waals surface area contributed by atoms with Crippen molar-refractivity contribution in [3.8, 4) is 0 Å². The van der Waals surface area contributed by atoms with Crippen LogP contribution in [0.25, 0.3) is 0 Å². The Kier molecular flexibility index (Phi) is 4.91.